The molecule has 1 aromatic heterocycles. The molecule has 1 heterocycles. The Balaban J connectivity index is 1.77. The number of benzene rings is 2. The zero-order chi connectivity index (χ0) is 15.5. The number of hydrogen-bond donors (Lipinski definition) is 0. The second-order valence-corrected chi connectivity index (χ2v) is 5.90. The van der Waals surface area contributed by atoms with Crippen LogP contribution < -0.4 is 4.74 Å². The fraction of sp³-hybridized carbons (Fsp3) is 0.0588. The fourth-order valence-electron chi connectivity index (χ4n) is 2.05. The molecule has 3 nitrogen and oxygen atoms in total. The maximum atomic E-state index is 12.1. The lowest BCUT2D eigenvalue weighted by molar-refractivity contribution is 0.0921. The van der Waals surface area contributed by atoms with E-state index in [1.54, 1.807) is 30.5 Å². The van der Waals surface area contributed by atoms with Gasteiger partial charge in [0.05, 0.1) is 16.2 Å². The molecule has 0 spiro atoms. The Hall–Kier alpha value is -1.91. The van der Waals surface area contributed by atoms with Gasteiger partial charge in [0.25, 0.3) is 0 Å². The molecule has 0 fully saturated rings. The highest BCUT2D eigenvalue weighted by atomic mass is 79.9. The predicted octanol–water partition coefficient (Wildman–Crippen LogP) is 4.91. The van der Waals surface area contributed by atoms with Crippen molar-refractivity contribution in [2.45, 2.75) is 0 Å². The second kappa shape index (κ2) is 6.46. The highest BCUT2D eigenvalue weighted by Crippen LogP contribution is 2.31. The number of ether oxygens (including phenoxy) is 1. The smallest absolute Gasteiger partial charge is 0.200 e. The van der Waals surface area contributed by atoms with Gasteiger partial charge in [0.2, 0.25) is 0 Å². The molecule has 0 saturated heterocycles. The van der Waals surface area contributed by atoms with Crippen LogP contribution in [0.1, 0.15) is 10.4 Å². The first-order valence-electron chi connectivity index (χ1n) is 6.60. The Morgan fingerprint density at radius 2 is 1.86 bits per heavy atom. The summed E-state index contributed by atoms with van der Waals surface area (Å²) in [5, 5.41) is 1.54. The third kappa shape index (κ3) is 3.13. The van der Waals surface area contributed by atoms with Crippen molar-refractivity contribution in [1.82, 2.24) is 4.98 Å². The summed E-state index contributed by atoms with van der Waals surface area (Å²) in [6.07, 6.45) is 1.61. The van der Waals surface area contributed by atoms with Crippen LogP contribution in [0.5, 0.6) is 5.75 Å². The first-order chi connectivity index (χ1) is 10.6. The highest BCUT2D eigenvalue weighted by molar-refractivity contribution is 9.10. The molecular formula is C17H11BrClNO2. The minimum Gasteiger partial charge on any atom is -0.483 e. The van der Waals surface area contributed by atoms with Crippen molar-refractivity contribution in [3.05, 3.63) is 69.8 Å². The van der Waals surface area contributed by atoms with Crippen LogP contribution in [0.4, 0.5) is 0 Å². The van der Waals surface area contributed by atoms with Crippen LogP contribution in [0.25, 0.3) is 10.9 Å². The van der Waals surface area contributed by atoms with E-state index in [0.717, 1.165) is 15.4 Å². The van der Waals surface area contributed by atoms with E-state index in [0.29, 0.717) is 16.3 Å². The lowest BCUT2D eigenvalue weighted by atomic mass is 10.1. The van der Waals surface area contributed by atoms with Crippen molar-refractivity contribution < 1.29 is 9.53 Å². The lowest BCUT2D eigenvalue weighted by Crippen LogP contribution is -2.11. The predicted molar refractivity (Wildman–Crippen MR) is 90.7 cm³/mol. The molecule has 0 N–H and O–H groups in total. The summed E-state index contributed by atoms with van der Waals surface area (Å²) in [7, 11) is 0. The van der Waals surface area contributed by atoms with Crippen LogP contribution >= 0.6 is 27.5 Å². The first-order valence-corrected chi connectivity index (χ1v) is 7.77. The second-order valence-electron chi connectivity index (χ2n) is 4.67. The van der Waals surface area contributed by atoms with Gasteiger partial charge in [-0.3, -0.25) is 9.78 Å². The van der Waals surface area contributed by atoms with Gasteiger partial charge >= 0.3 is 0 Å². The number of pyridine rings is 1. The van der Waals surface area contributed by atoms with Gasteiger partial charge < -0.3 is 4.74 Å². The van der Waals surface area contributed by atoms with Crippen molar-refractivity contribution >= 4 is 44.2 Å². The Morgan fingerprint density at radius 1 is 1.14 bits per heavy atom. The number of hydrogen-bond acceptors (Lipinski definition) is 3. The van der Waals surface area contributed by atoms with Crippen LogP contribution in [0, 0.1) is 0 Å². The molecule has 0 aliphatic carbocycles. The van der Waals surface area contributed by atoms with Crippen molar-refractivity contribution in [3.8, 4) is 5.75 Å². The minimum atomic E-state index is -0.114. The van der Waals surface area contributed by atoms with Gasteiger partial charge in [-0.05, 0) is 46.3 Å². The number of Topliss-reactive ketones (excluding diaryl/α,β-unsaturated/α-hetero) is 1. The molecule has 0 aliphatic heterocycles. The van der Waals surface area contributed by atoms with Gasteiger partial charge in [-0.15, -0.1) is 0 Å². The van der Waals surface area contributed by atoms with E-state index >= 15 is 0 Å². The quantitative estimate of drug-likeness (QED) is 0.607. The number of nitrogens with zero attached hydrogens (tertiary/aromatic N) is 1. The van der Waals surface area contributed by atoms with E-state index in [1.807, 2.05) is 24.3 Å². The number of carbonyl (C=O) groups is 1. The molecule has 3 aromatic rings. The van der Waals surface area contributed by atoms with E-state index in [1.165, 1.54) is 0 Å². The van der Waals surface area contributed by atoms with Gasteiger partial charge in [-0.1, -0.05) is 29.8 Å². The molecule has 0 aliphatic rings. The summed E-state index contributed by atoms with van der Waals surface area (Å²) in [4.78, 5) is 16.4. The van der Waals surface area contributed by atoms with Crippen molar-refractivity contribution in [2.24, 2.45) is 0 Å². The van der Waals surface area contributed by atoms with Gasteiger partial charge in [0.1, 0.15) is 0 Å². The number of halogens is 2. The topological polar surface area (TPSA) is 39.2 Å². The van der Waals surface area contributed by atoms with E-state index in [-0.39, 0.29) is 12.4 Å². The summed E-state index contributed by atoms with van der Waals surface area (Å²) in [5.74, 6) is 0.428. The van der Waals surface area contributed by atoms with E-state index in [4.69, 9.17) is 16.3 Å². The summed E-state index contributed by atoms with van der Waals surface area (Å²) in [5.41, 5.74) is 1.43. The molecule has 0 atom stereocenters. The molecule has 2 aromatic carbocycles. The molecule has 0 bridgehead atoms. The lowest BCUT2D eigenvalue weighted by Gasteiger charge is -2.09. The third-order valence-corrected chi connectivity index (χ3v) is 4.27. The van der Waals surface area contributed by atoms with Crippen LogP contribution in [-0.4, -0.2) is 17.4 Å². The Kier molecular flexibility index (Phi) is 4.41. The maximum Gasteiger partial charge on any atom is 0.200 e. The summed E-state index contributed by atoms with van der Waals surface area (Å²) in [6.45, 7) is -0.0553. The SMILES string of the molecule is O=C(COc1cnc2ccccc2c1Br)c1ccc(Cl)cc1. The monoisotopic (exact) mass is 375 g/mol. The molecular weight excluding hydrogens is 366 g/mol. The summed E-state index contributed by atoms with van der Waals surface area (Å²) < 4.78 is 6.39. The molecule has 3 rings (SSSR count). The fourth-order valence-corrected chi connectivity index (χ4v) is 2.73. The van der Waals surface area contributed by atoms with Crippen LogP contribution in [0.15, 0.2) is 59.2 Å². The number of para-hydroxylation sites is 1. The Labute approximate surface area is 141 Å². The molecule has 22 heavy (non-hydrogen) atoms. The van der Waals surface area contributed by atoms with E-state index in [2.05, 4.69) is 20.9 Å². The number of aromatic nitrogens is 1. The molecule has 0 unspecified atom stereocenters. The van der Waals surface area contributed by atoms with Gasteiger partial charge in [0.15, 0.2) is 18.1 Å². The minimum absolute atomic E-state index is 0.0553. The van der Waals surface area contributed by atoms with Gasteiger partial charge in [-0.25, -0.2) is 0 Å². The maximum absolute atomic E-state index is 12.1. The normalized spacial score (nSPS) is 10.6. The molecule has 0 radical (unpaired) electrons. The van der Waals surface area contributed by atoms with Crippen molar-refractivity contribution in [2.75, 3.05) is 6.61 Å². The average molecular weight is 377 g/mol. The van der Waals surface area contributed by atoms with E-state index < -0.39 is 0 Å². The highest BCUT2D eigenvalue weighted by Gasteiger charge is 2.11. The molecule has 5 heteroatoms. The molecule has 0 saturated carbocycles. The Bertz CT molecular complexity index is 834. The largest absolute Gasteiger partial charge is 0.483 e. The average Bonchev–Trinajstić information content (AvgIpc) is 2.55. The van der Waals surface area contributed by atoms with Crippen LogP contribution in [0.3, 0.4) is 0 Å². The van der Waals surface area contributed by atoms with Crippen molar-refractivity contribution in [3.63, 3.8) is 0 Å². The van der Waals surface area contributed by atoms with Crippen LogP contribution in [-0.2, 0) is 0 Å². The van der Waals surface area contributed by atoms with E-state index in [9.17, 15) is 4.79 Å². The number of rotatable bonds is 4. The Morgan fingerprint density at radius 3 is 2.64 bits per heavy atom. The third-order valence-electron chi connectivity index (χ3n) is 3.20. The molecule has 0 amide bonds. The number of carbonyl (C=O) groups excluding carboxylic acids is 1. The standard InChI is InChI=1S/C17H11BrClNO2/c18-17-13-3-1-2-4-14(13)20-9-16(17)22-10-15(21)11-5-7-12(19)8-6-11/h1-9H,10H2. The zero-order valence-corrected chi connectivity index (χ0v) is 13.8. The van der Waals surface area contributed by atoms with Crippen molar-refractivity contribution in [1.29, 1.82) is 0 Å². The summed E-state index contributed by atoms with van der Waals surface area (Å²) >= 11 is 9.31. The van der Waals surface area contributed by atoms with Crippen LogP contribution in [0.2, 0.25) is 5.02 Å². The first kappa shape index (κ1) is 15.0. The van der Waals surface area contributed by atoms with Gasteiger partial charge in [0, 0.05) is 16.0 Å². The number of ketones is 1. The summed E-state index contributed by atoms with van der Waals surface area (Å²) in [6, 6.07) is 14.4. The zero-order valence-electron chi connectivity index (χ0n) is 11.4. The molecule has 110 valence electrons. The van der Waals surface area contributed by atoms with Gasteiger partial charge in [-0.2, -0.15) is 0 Å². The number of fused-ring (bicyclic) bond motifs is 1.